The monoisotopic (exact) mass is 375 g/mol. The summed E-state index contributed by atoms with van der Waals surface area (Å²) in [6.07, 6.45) is 6.43. The molecular formula is C14H22BrN3O2S. The number of rotatable bonds is 4. The van der Waals surface area contributed by atoms with E-state index in [1.54, 1.807) is 10.5 Å². The van der Waals surface area contributed by atoms with E-state index >= 15 is 0 Å². The van der Waals surface area contributed by atoms with E-state index < -0.39 is 10.0 Å². The van der Waals surface area contributed by atoms with Gasteiger partial charge in [0.15, 0.2) is 5.03 Å². The molecule has 118 valence electrons. The maximum absolute atomic E-state index is 13.0. The fourth-order valence-electron chi connectivity index (χ4n) is 3.64. The Morgan fingerprint density at radius 1 is 1.33 bits per heavy atom. The molecule has 2 fully saturated rings. The zero-order chi connectivity index (χ0) is 15.2. The predicted octanol–water partition coefficient (Wildman–Crippen LogP) is 2.68. The molecule has 2 saturated heterocycles. The number of nitrogens with zero attached hydrogens (tertiary/aromatic N) is 3. The summed E-state index contributed by atoms with van der Waals surface area (Å²) in [6.45, 7) is 4.76. The van der Waals surface area contributed by atoms with Gasteiger partial charge in [-0.2, -0.15) is 4.31 Å². The fourth-order valence-corrected chi connectivity index (χ4v) is 6.39. The minimum atomic E-state index is -3.46. The highest BCUT2D eigenvalue weighted by molar-refractivity contribution is 9.09. The molecule has 0 aliphatic carbocycles. The van der Waals surface area contributed by atoms with E-state index in [4.69, 9.17) is 0 Å². The number of hydrogen-bond donors (Lipinski definition) is 0. The van der Waals surface area contributed by atoms with Gasteiger partial charge in [-0.05, 0) is 39.0 Å². The zero-order valence-corrected chi connectivity index (χ0v) is 14.9. The van der Waals surface area contributed by atoms with Crippen LogP contribution in [-0.4, -0.2) is 39.2 Å². The highest BCUT2D eigenvalue weighted by Gasteiger charge is 2.47. The first-order valence-corrected chi connectivity index (χ1v) is 10.0. The molecule has 0 spiro atoms. The molecule has 0 amide bonds. The molecule has 2 bridgehead atoms. The van der Waals surface area contributed by atoms with Crippen LogP contribution in [-0.2, 0) is 16.6 Å². The molecule has 0 saturated carbocycles. The Labute approximate surface area is 134 Å². The van der Waals surface area contributed by atoms with Crippen molar-refractivity contribution in [3.63, 3.8) is 0 Å². The van der Waals surface area contributed by atoms with E-state index in [1.807, 2.05) is 11.5 Å². The Kier molecular flexibility index (Phi) is 4.18. The SMILES string of the molecule is CCCn1cc(S(=O)(=O)N2C3CCC2CC(Br)C3)nc1C. The predicted molar refractivity (Wildman–Crippen MR) is 85.0 cm³/mol. The number of piperidine rings is 1. The summed E-state index contributed by atoms with van der Waals surface area (Å²) in [7, 11) is -3.46. The van der Waals surface area contributed by atoms with Crippen molar-refractivity contribution in [1.29, 1.82) is 0 Å². The first-order valence-electron chi connectivity index (χ1n) is 7.65. The summed E-state index contributed by atoms with van der Waals surface area (Å²) in [4.78, 5) is 4.76. The number of imidazole rings is 1. The lowest BCUT2D eigenvalue weighted by Crippen LogP contribution is -2.46. The third kappa shape index (κ3) is 2.68. The van der Waals surface area contributed by atoms with Crippen LogP contribution in [0.4, 0.5) is 0 Å². The Hall–Kier alpha value is -0.400. The van der Waals surface area contributed by atoms with Gasteiger partial charge in [-0.25, -0.2) is 13.4 Å². The Morgan fingerprint density at radius 3 is 2.52 bits per heavy atom. The lowest BCUT2D eigenvalue weighted by molar-refractivity contribution is 0.254. The normalized spacial score (nSPS) is 30.0. The molecule has 7 heteroatoms. The highest BCUT2D eigenvalue weighted by Crippen LogP contribution is 2.41. The van der Waals surface area contributed by atoms with Crippen molar-refractivity contribution < 1.29 is 8.42 Å². The second-order valence-corrected chi connectivity index (χ2v) is 9.19. The Bertz CT molecular complexity index is 614. The van der Waals surface area contributed by atoms with Gasteiger partial charge in [0.2, 0.25) is 0 Å². The third-order valence-corrected chi connectivity index (χ3v) is 7.19. The number of aryl methyl sites for hydroxylation is 2. The van der Waals surface area contributed by atoms with Crippen LogP contribution in [0.15, 0.2) is 11.2 Å². The van der Waals surface area contributed by atoms with Crippen molar-refractivity contribution in [2.24, 2.45) is 0 Å². The maximum Gasteiger partial charge on any atom is 0.262 e. The molecule has 0 N–H and O–H groups in total. The van der Waals surface area contributed by atoms with Crippen molar-refractivity contribution in [2.45, 2.75) is 74.4 Å². The molecule has 3 rings (SSSR count). The van der Waals surface area contributed by atoms with Crippen molar-refractivity contribution in [2.75, 3.05) is 0 Å². The molecule has 2 unspecified atom stereocenters. The summed E-state index contributed by atoms with van der Waals surface area (Å²) < 4.78 is 29.6. The Balaban J connectivity index is 1.92. The molecule has 0 radical (unpaired) electrons. The number of halogens is 1. The van der Waals surface area contributed by atoms with E-state index in [2.05, 4.69) is 27.8 Å². The molecule has 1 aromatic rings. The van der Waals surface area contributed by atoms with Crippen LogP contribution in [0.3, 0.4) is 0 Å². The number of alkyl halides is 1. The minimum absolute atomic E-state index is 0.134. The molecule has 5 nitrogen and oxygen atoms in total. The smallest absolute Gasteiger partial charge is 0.262 e. The van der Waals surface area contributed by atoms with Gasteiger partial charge in [-0.1, -0.05) is 22.9 Å². The molecule has 2 aliphatic heterocycles. The van der Waals surface area contributed by atoms with Crippen LogP contribution in [0.25, 0.3) is 0 Å². The quantitative estimate of drug-likeness (QED) is 0.760. The average Bonchev–Trinajstić information content (AvgIpc) is 2.91. The van der Waals surface area contributed by atoms with Gasteiger partial charge in [-0.3, -0.25) is 0 Å². The summed E-state index contributed by atoms with van der Waals surface area (Å²) in [5.41, 5.74) is 0. The molecule has 2 atom stereocenters. The van der Waals surface area contributed by atoms with Crippen LogP contribution < -0.4 is 0 Å². The average molecular weight is 376 g/mol. The molecular weight excluding hydrogens is 354 g/mol. The van der Waals surface area contributed by atoms with E-state index in [0.717, 1.165) is 44.5 Å². The standard InChI is InChI=1S/C14H22BrN3O2S/c1-3-6-17-9-14(16-10(17)2)21(19,20)18-12-4-5-13(18)8-11(15)7-12/h9,11-13H,3-8H2,1-2H3. The lowest BCUT2D eigenvalue weighted by Gasteiger charge is -2.35. The van der Waals surface area contributed by atoms with Gasteiger partial charge in [0, 0.05) is 29.7 Å². The van der Waals surface area contributed by atoms with Gasteiger partial charge < -0.3 is 4.57 Å². The molecule has 21 heavy (non-hydrogen) atoms. The largest absolute Gasteiger partial charge is 0.334 e. The second kappa shape index (κ2) is 5.66. The van der Waals surface area contributed by atoms with Gasteiger partial charge >= 0.3 is 0 Å². The van der Waals surface area contributed by atoms with Crippen LogP contribution in [0, 0.1) is 6.92 Å². The highest BCUT2D eigenvalue weighted by atomic mass is 79.9. The fraction of sp³-hybridized carbons (Fsp3) is 0.786. The molecule has 3 heterocycles. The van der Waals surface area contributed by atoms with E-state index in [0.29, 0.717) is 4.83 Å². The van der Waals surface area contributed by atoms with Gasteiger partial charge in [0.25, 0.3) is 10.0 Å². The summed E-state index contributed by atoms with van der Waals surface area (Å²) in [5.74, 6) is 0.776. The lowest BCUT2D eigenvalue weighted by atomic mass is 10.1. The second-order valence-electron chi connectivity index (χ2n) is 6.11. The summed E-state index contributed by atoms with van der Waals surface area (Å²) in [5, 5.41) is 0.221. The van der Waals surface area contributed by atoms with Gasteiger partial charge in [0.1, 0.15) is 5.82 Å². The van der Waals surface area contributed by atoms with Crippen LogP contribution in [0.2, 0.25) is 0 Å². The van der Waals surface area contributed by atoms with Crippen LogP contribution >= 0.6 is 15.9 Å². The van der Waals surface area contributed by atoms with Crippen molar-refractivity contribution in [1.82, 2.24) is 13.9 Å². The zero-order valence-electron chi connectivity index (χ0n) is 12.5. The maximum atomic E-state index is 13.0. The van der Waals surface area contributed by atoms with E-state index in [9.17, 15) is 8.42 Å². The van der Waals surface area contributed by atoms with Gasteiger partial charge in [0.05, 0.1) is 0 Å². The van der Waals surface area contributed by atoms with E-state index in [-0.39, 0.29) is 17.1 Å². The van der Waals surface area contributed by atoms with Crippen molar-refractivity contribution >= 4 is 26.0 Å². The van der Waals surface area contributed by atoms with Crippen LogP contribution in [0.1, 0.15) is 44.9 Å². The first kappa shape index (κ1) is 15.5. The number of fused-ring (bicyclic) bond motifs is 2. The number of hydrogen-bond acceptors (Lipinski definition) is 3. The summed E-state index contributed by atoms with van der Waals surface area (Å²) in [6, 6.07) is 0.268. The van der Waals surface area contributed by atoms with Crippen LogP contribution in [0.5, 0.6) is 0 Å². The third-order valence-electron chi connectivity index (χ3n) is 4.57. The van der Waals surface area contributed by atoms with Gasteiger partial charge in [-0.15, -0.1) is 0 Å². The van der Waals surface area contributed by atoms with E-state index in [1.165, 1.54) is 0 Å². The molecule has 2 aliphatic rings. The molecule has 1 aromatic heterocycles. The first-order chi connectivity index (χ1) is 9.93. The number of sulfonamides is 1. The Morgan fingerprint density at radius 2 is 1.95 bits per heavy atom. The summed E-state index contributed by atoms with van der Waals surface area (Å²) >= 11 is 3.65. The topological polar surface area (TPSA) is 55.2 Å². The number of aromatic nitrogens is 2. The minimum Gasteiger partial charge on any atom is -0.334 e. The van der Waals surface area contributed by atoms with Crippen molar-refractivity contribution in [3.8, 4) is 0 Å². The molecule has 0 aromatic carbocycles. The van der Waals surface area contributed by atoms with Crippen molar-refractivity contribution in [3.05, 3.63) is 12.0 Å².